The summed E-state index contributed by atoms with van der Waals surface area (Å²) >= 11 is 0. The van der Waals surface area contributed by atoms with Gasteiger partial charge in [0, 0.05) is 41.1 Å². The number of Topliss-reactive ketones (excluding diaryl/α,β-unsaturated/α-hetero) is 1. The molecule has 0 bridgehead atoms. The minimum Gasteiger partial charge on any atom is -0.493 e. The Kier molecular flexibility index (Phi) is 2.74. The van der Waals surface area contributed by atoms with E-state index in [2.05, 4.69) is 4.90 Å². The Morgan fingerprint density at radius 1 is 1.35 bits per heavy atom. The average molecular weight is 324 g/mol. The normalized spacial score (nSPS) is 30.3. The van der Waals surface area contributed by atoms with E-state index in [0.717, 1.165) is 17.5 Å². The predicted octanol–water partition coefficient (Wildman–Crippen LogP) is 3.24. The molecule has 0 unspecified atom stereocenters. The van der Waals surface area contributed by atoms with Crippen LogP contribution in [0.15, 0.2) is 12.1 Å². The molecule has 0 aliphatic carbocycles. The van der Waals surface area contributed by atoms with Crippen molar-refractivity contribution < 1.29 is 23.9 Å². The van der Waals surface area contributed by atoms with Crippen LogP contribution in [0.2, 0.25) is 0 Å². The lowest BCUT2D eigenvalue weighted by atomic mass is 9.80. The smallest absolute Gasteiger partial charge is 0.161 e. The second-order valence-electron chi connectivity index (χ2n) is 6.22. The number of benzene rings is 1. The number of rotatable bonds is 4. The maximum atomic E-state index is 12.9. The van der Waals surface area contributed by atoms with Crippen molar-refractivity contribution in [2.45, 2.75) is 39.0 Å². The van der Waals surface area contributed by atoms with E-state index in [4.69, 9.17) is 19.1 Å². The van der Waals surface area contributed by atoms with Crippen LogP contribution < -0.4 is 9.47 Å². The molecule has 2 aliphatic rings. The molecule has 1 saturated heterocycles. The van der Waals surface area contributed by atoms with Crippen molar-refractivity contribution in [3.8, 4) is 11.5 Å². The van der Waals surface area contributed by atoms with Gasteiger partial charge in [0.25, 0.3) is 0 Å². The zero-order valence-electron chi connectivity index (χ0n) is 20.5. The molecule has 1 aromatic carbocycles. The number of methoxy groups -OCH3 is 2. The lowest BCUT2D eigenvalue weighted by molar-refractivity contribution is -0.129. The van der Waals surface area contributed by atoms with Gasteiger partial charge in [0.2, 0.25) is 0 Å². The zero-order chi connectivity index (χ0) is 22.5. The standard InChI is InChI=1S/C19H27NO3/c1-12(2)7-14-11-20-6-5-13-8-18(22-3)19(23-4)9-15(13)16(20)10-17(14)21/h8-9,12,14,16H,5-7,10-11H2,1-4H3/t14-,16-/m0/s1/i1D3,2D3,12D. The summed E-state index contributed by atoms with van der Waals surface area (Å²) < 4.78 is 64.8. The molecule has 0 radical (unpaired) electrons. The van der Waals surface area contributed by atoms with Gasteiger partial charge in [-0.2, -0.15) is 0 Å². The van der Waals surface area contributed by atoms with Gasteiger partial charge in [-0.25, -0.2) is 0 Å². The molecule has 0 spiro atoms. The second kappa shape index (κ2) is 6.52. The summed E-state index contributed by atoms with van der Waals surface area (Å²) in [5.74, 6) is -2.50. The van der Waals surface area contributed by atoms with Gasteiger partial charge in [0.1, 0.15) is 5.78 Å². The molecule has 2 heterocycles. The van der Waals surface area contributed by atoms with E-state index in [1.54, 1.807) is 14.2 Å². The number of ketones is 1. The third-order valence-corrected chi connectivity index (χ3v) is 4.87. The number of ether oxygens (including phenoxy) is 2. The Balaban J connectivity index is 1.87. The van der Waals surface area contributed by atoms with Crippen molar-refractivity contribution in [3.63, 3.8) is 0 Å². The van der Waals surface area contributed by atoms with E-state index in [9.17, 15) is 4.79 Å². The highest BCUT2D eigenvalue weighted by Crippen LogP contribution is 2.42. The number of carbonyl (C=O) groups is 1. The number of nitrogens with zero attached hydrogens (tertiary/aromatic N) is 1. The number of hydrogen-bond acceptors (Lipinski definition) is 4. The molecule has 0 saturated carbocycles. The first kappa shape index (κ1) is 9.67. The molecular weight excluding hydrogens is 290 g/mol. The Labute approximate surface area is 148 Å². The van der Waals surface area contributed by atoms with Crippen molar-refractivity contribution >= 4 is 5.78 Å². The van der Waals surface area contributed by atoms with Gasteiger partial charge >= 0.3 is 0 Å². The molecule has 0 amide bonds. The highest BCUT2D eigenvalue weighted by Gasteiger charge is 2.38. The Morgan fingerprint density at radius 2 is 2.09 bits per heavy atom. The SMILES string of the molecule is [2H]C([2H])([2H])C([2H])(C[C@H]1CN2CCc3cc(OC)c(OC)cc3[C@@H]2CC1=O)C([2H])([2H])[2H]. The van der Waals surface area contributed by atoms with Gasteiger partial charge in [0.05, 0.1) is 14.2 Å². The van der Waals surface area contributed by atoms with Crippen molar-refractivity contribution in [2.75, 3.05) is 27.3 Å². The fourth-order valence-electron chi connectivity index (χ4n) is 3.70. The largest absolute Gasteiger partial charge is 0.493 e. The van der Waals surface area contributed by atoms with Gasteiger partial charge in [-0.05, 0) is 42.0 Å². The zero-order valence-corrected chi connectivity index (χ0v) is 13.5. The lowest BCUT2D eigenvalue weighted by Gasteiger charge is -2.43. The molecule has 2 aliphatic heterocycles. The van der Waals surface area contributed by atoms with Crippen LogP contribution in [0.25, 0.3) is 0 Å². The van der Waals surface area contributed by atoms with Crippen LogP contribution >= 0.6 is 0 Å². The van der Waals surface area contributed by atoms with Crippen LogP contribution in [0.3, 0.4) is 0 Å². The minimum atomic E-state index is -3.02. The molecule has 4 heteroatoms. The molecule has 1 aromatic rings. The van der Waals surface area contributed by atoms with E-state index in [1.807, 2.05) is 12.1 Å². The summed E-state index contributed by atoms with van der Waals surface area (Å²) in [6.45, 7) is -5.14. The van der Waals surface area contributed by atoms with Crippen LogP contribution in [0.4, 0.5) is 0 Å². The monoisotopic (exact) mass is 324 g/mol. The van der Waals surface area contributed by atoms with E-state index in [-0.39, 0.29) is 24.8 Å². The summed E-state index contributed by atoms with van der Waals surface area (Å²) in [5, 5.41) is 0. The van der Waals surface area contributed by atoms with Crippen LogP contribution in [0.1, 0.15) is 53.3 Å². The summed E-state index contributed by atoms with van der Waals surface area (Å²) in [4.78, 5) is 15.0. The number of hydrogen-bond donors (Lipinski definition) is 0. The van der Waals surface area contributed by atoms with E-state index >= 15 is 0 Å². The molecule has 2 atom stereocenters. The first-order valence-corrected chi connectivity index (χ1v) is 7.84. The Morgan fingerprint density at radius 3 is 2.78 bits per heavy atom. The van der Waals surface area contributed by atoms with Crippen molar-refractivity contribution in [1.29, 1.82) is 0 Å². The van der Waals surface area contributed by atoms with Crippen LogP contribution in [-0.4, -0.2) is 38.0 Å². The van der Waals surface area contributed by atoms with Crippen LogP contribution in [0, 0.1) is 11.8 Å². The average Bonchev–Trinajstić information content (AvgIpc) is 2.65. The molecule has 4 nitrogen and oxygen atoms in total. The van der Waals surface area contributed by atoms with E-state index in [1.165, 1.54) is 0 Å². The molecule has 126 valence electrons. The second-order valence-corrected chi connectivity index (χ2v) is 6.22. The van der Waals surface area contributed by atoms with Gasteiger partial charge in [-0.1, -0.05) is 13.7 Å². The maximum Gasteiger partial charge on any atom is 0.161 e. The molecule has 0 N–H and O–H groups in total. The highest BCUT2D eigenvalue weighted by atomic mass is 16.5. The Bertz CT molecular complexity index is 808. The summed E-state index contributed by atoms with van der Waals surface area (Å²) in [7, 11) is 3.11. The first-order valence-electron chi connectivity index (χ1n) is 11.3. The third kappa shape index (κ3) is 3.09. The quantitative estimate of drug-likeness (QED) is 0.852. The molecule has 3 rings (SSSR count). The minimum absolute atomic E-state index is 0.144. The maximum absolute atomic E-state index is 12.9. The molecule has 23 heavy (non-hydrogen) atoms. The molecular formula is C19H27NO3. The van der Waals surface area contributed by atoms with Crippen LogP contribution in [0.5, 0.6) is 11.5 Å². The highest BCUT2D eigenvalue weighted by molar-refractivity contribution is 5.83. The van der Waals surface area contributed by atoms with Gasteiger partial charge in [-0.3, -0.25) is 9.69 Å². The van der Waals surface area contributed by atoms with Gasteiger partial charge < -0.3 is 9.47 Å². The van der Waals surface area contributed by atoms with Crippen molar-refractivity contribution in [3.05, 3.63) is 23.3 Å². The number of piperidine rings is 1. The fourth-order valence-corrected chi connectivity index (χ4v) is 3.70. The molecule has 1 fully saturated rings. The number of fused-ring (bicyclic) bond motifs is 3. The third-order valence-electron chi connectivity index (χ3n) is 4.87. The van der Waals surface area contributed by atoms with Gasteiger partial charge in [-0.15, -0.1) is 0 Å². The predicted molar refractivity (Wildman–Crippen MR) is 90.1 cm³/mol. The van der Waals surface area contributed by atoms with E-state index in [0.29, 0.717) is 18.0 Å². The topological polar surface area (TPSA) is 38.8 Å². The van der Waals surface area contributed by atoms with E-state index < -0.39 is 31.9 Å². The molecule has 0 aromatic heterocycles. The number of carbonyl (C=O) groups excluding carboxylic acids is 1. The fraction of sp³-hybridized carbons (Fsp3) is 0.632. The van der Waals surface area contributed by atoms with Crippen molar-refractivity contribution in [2.24, 2.45) is 11.8 Å². The van der Waals surface area contributed by atoms with Crippen LogP contribution in [-0.2, 0) is 11.2 Å². The van der Waals surface area contributed by atoms with Gasteiger partial charge in [0.15, 0.2) is 11.5 Å². The first-order chi connectivity index (χ1) is 13.8. The Hall–Kier alpha value is -1.55. The lowest BCUT2D eigenvalue weighted by Crippen LogP contribution is -2.46. The summed E-state index contributed by atoms with van der Waals surface area (Å²) in [6, 6.07) is 3.61. The summed E-state index contributed by atoms with van der Waals surface area (Å²) in [5.41, 5.74) is 2.04. The summed E-state index contributed by atoms with van der Waals surface area (Å²) in [6.07, 6.45) is 0.351. The van der Waals surface area contributed by atoms with Crippen molar-refractivity contribution in [1.82, 2.24) is 4.90 Å².